The summed E-state index contributed by atoms with van der Waals surface area (Å²) in [6, 6.07) is 8.88. The molecule has 5 heteroatoms. The molecule has 3 nitrogen and oxygen atoms in total. The number of rotatable bonds is 4. The van der Waals surface area contributed by atoms with E-state index in [1.165, 1.54) is 19.3 Å². The Morgan fingerprint density at radius 1 is 1.39 bits per heavy atom. The Balaban J connectivity index is 0.00000120. The number of halogens is 1. The van der Waals surface area contributed by atoms with Crippen molar-refractivity contribution in [3.8, 4) is 5.75 Å². The fourth-order valence-electron chi connectivity index (χ4n) is 2.16. The lowest BCUT2D eigenvalue weighted by Gasteiger charge is -2.34. The molecule has 1 aliphatic heterocycles. The van der Waals surface area contributed by atoms with E-state index in [2.05, 4.69) is 22.6 Å². The molecular weight excluding hydrogens is 268 g/mol. The van der Waals surface area contributed by atoms with Crippen molar-refractivity contribution in [1.82, 2.24) is 4.90 Å². The molecule has 0 radical (unpaired) electrons. The fraction of sp³-hybridized carbons (Fsp3) is 0.538. The van der Waals surface area contributed by atoms with Gasteiger partial charge in [0.2, 0.25) is 5.56 Å². The standard InChI is InChI=1S/C13H18N2OS.ClH/c1-2-9-15(10-7-8-10)13-16-12-6-4-3-5-11(12)14-17-13;/h3-6,10,13-14H,2,7-9H2,1H3;1H. The molecule has 1 aromatic carbocycles. The Morgan fingerprint density at radius 2 is 2.17 bits per heavy atom. The van der Waals surface area contributed by atoms with Crippen molar-refractivity contribution in [3.63, 3.8) is 0 Å². The van der Waals surface area contributed by atoms with E-state index in [0.29, 0.717) is 0 Å². The molecule has 1 unspecified atom stereocenters. The number of hydrogen-bond acceptors (Lipinski definition) is 4. The zero-order valence-electron chi connectivity index (χ0n) is 10.5. The zero-order valence-corrected chi connectivity index (χ0v) is 12.1. The largest absolute Gasteiger partial charge is 0.462 e. The van der Waals surface area contributed by atoms with Crippen LogP contribution in [0.3, 0.4) is 0 Å². The van der Waals surface area contributed by atoms with E-state index in [-0.39, 0.29) is 18.0 Å². The predicted molar refractivity (Wildman–Crippen MR) is 79.3 cm³/mol. The van der Waals surface area contributed by atoms with E-state index < -0.39 is 0 Å². The molecule has 1 aromatic rings. The van der Waals surface area contributed by atoms with Gasteiger partial charge in [0.15, 0.2) is 0 Å². The van der Waals surface area contributed by atoms with Gasteiger partial charge in [-0.25, -0.2) is 0 Å². The van der Waals surface area contributed by atoms with E-state index in [1.54, 1.807) is 11.9 Å². The molecule has 0 spiro atoms. The van der Waals surface area contributed by atoms with Crippen molar-refractivity contribution in [2.24, 2.45) is 0 Å². The third kappa shape index (κ3) is 2.87. The van der Waals surface area contributed by atoms with Crippen molar-refractivity contribution < 1.29 is 4.74 Å². The number of benzene rings is 1. The van der Waals surface area contributed by atoms with Crippen LogP contribution in [0.15, 0.2) is 24.3 Å². The van der Waals surface area contributed by atoms with Gasteiger partial charge < -0.3 is 9.46 Å². The van der Waals surface area contributed by atoms with Crippen LogP contribution in [0.1, 0.15) is 26.2 Å². The highest BCUT2D eigenvalue weighted by atomic mass is 35.5. The van der Waals surface area contributed by atoms with Gasteiger partial charge in [-0.1, -0.05) is 19.1 Å². The third-order valence-electron chi connectivity index (χ3n) is 3.15. The molecule has 0 aromatic heterocycles. The first-order chi connectivity index (χ1) is 8.38. The Hall–Kier alpha value is -0.580. The monoisotopic (exact) mass is 286 g/mol. The van der Waals surface area contributed by atoms with Gasteiger partial charge in [0.05, 0.1) is 5.69 Å². The minimum atomic E-state index is 0. The molecule has 1 heterocycles. The summed E-state index contributed by atoms with van der Waals surface area (Å²) in [4.78, 5) is 2.48. The summed E-state index contributed by atoms with van der Waals surface area (Å²) >= 11 is 1.68. The molecule has 1 atom stereocenters. The molecule has 18 heavy (non-hydrogen) atoms. The van der Waals surface area contributed by atoms with Gasteiger partial charge in [-0.15, -0.1) is 12.4 Å². The van der Waals surface area contributed by atoms with Crippen LogP contribution in [-0.2, 0) is 0 Å². The number of hydrogen-bond donors (Lipinski definition) is 1. The minimum Gasteiger partial charge on any atom is -0.462 e. The lowest BCUT2D eigenvalue weighted by Crippen LogP contribution is -2.41. The van der Waals surface area contributed by atoms with Crippen molar-refractivity contribution in [3.05, 3.63) is 24.3 Å². The fourth-order valence-corrected chi connectivity index (χ4v) is 3.12. The summed E-state index contributed by atoms with van der Waals surface area (Å²) in [6.45, 7) is 3.34. The number of ether oxygens (including phenoxy) is 1. The quantitative estimate of drug-likeness (QED) is 0.853. The van der Waals surface area contributed by atoms with Crippen LogP contribution >= 0.6 is 24.4 Å². The summed E-state index contributed by atoms with van der Waals surface area (Å²) in [7, 11) is 0. The molecular formula is C13H19ClN2OS. The maximum atomic E-state index is 6.07. The first-order valence-electron chi connectivity index (χ1n) is 6.31. The van der Waals surface area contributed by atoms with Gasteiger partial charge in [0, 0.05) is 24.5 Å². The van der Waals surface area contributed by atoms with E-state index in [9.17, 15) is 0 Å². The van der Waals surface area contributed by atoms with Crippen LogP contribution in [0.4, 0.5) is 5.69 Å². The third-order valence-corrected chi connectivity index (χ3v) is 4.06. The zero-order chi connectivity index (χ0) is 11.7. The minimum absolute atomic E-state index is 0. The molecule has 100 valence electrons. The van der Waals surface area contributed by atoms with E-state index in [0.717, 1.165) is 24.0 Å². The normalized spacial score (nSPS) is 21.6. The van der Waals surface area contributed by atoms with Gasteiger partial charge in [-0.05, 0) is 31.4 Å². The molecule has 1 aliphatic carbocycles. The van der Waals surface area contributed by atoms with Gasteiger partial charge >= 0.3 is 0 Å². The number of para-hydroxylation sites is 2. The van der Waals surface area contributed by atoms with Crippen molar-refractivity contribution in [1.29, 1.82) is 0 Å². The Bertz CT molecular complexity index is 400. The summed E-state index contributed by atoms with van der Waals surface area (Å²) in [5.41, 5.74) is 1.21. The highest BCUT2D eigenvalue weighted by Crippen LogP contribution is 2.39. The summed E-state index contributed by atoms with van der Waals surface area (Å²) in [5, 5.41) is 0. The number of fused-ring (bicyclic) bond motifs is 1. The van der Waals surface area contributed by atoms with Gasteiger partial charge in [-0.3, -0.25) is 4.90 Å². The van der Waals surface area contributed by atoms with Crippen molar-refractivity contribution in [2.45, 2.75) is 37.8 Å². The number of anilines is 1. The molecule has 1 fully saturated rings. The second-order valence-corrected chi connectivity index (χ2v) is 5.45. The predicted octanol–water partition coefficient (Wildman–Crippen LogP) is 3.72. The molecule has 0 amide bonds. The highest BCUT2D eigenvalue weighted by Gasteiger charge is 2.36. The topological polar surface area (TPSA) is 24.5 Å². The molecule has 1 N–H and O–H groups in total. The van der Waals surface area contributed by atoms with E-state index >= 15 is 0 Å². The molecule has 3 rings (SSSR count). The van der Waals surface area contributed by atoms with E-state index in [4.69, 9.17) is 4.74 Å². The Labute approximate surface area is 119 Å². The summed E-state index contributed by atoms with van der Waals surface area (Å²) < 4.78 is 9.46. The maximum absolute atomic E-state index is 6.07. The highest BCUT2D eigenvalue weighted by molar-refractivity contribution is 8.01. The van der Waals surface area contributed by atoms with Gasteiger partial charge in [-0.2, -0.15) is 0 Å². The number of nitrogens with one attached hydrogen (secondary N) is 1. The smallest absolute Gasteiger partial charge is 0.220 e. The van der Waals surface area contributed by atoms with Crippen LogP contribution in [-0.4, -0.2) is 23.0 Å². The van der Waals surface area contributed by atoms with Crippen LogP contribution in [0, 0.1) is 0 Å². The SMILES string of the molecule is CCCN(C1CC1)C1Oc2ccccc2NS1.Cl. The Morgan fingerprint density at radius 3 is 2.89 bits per heavy atom. The van der Waals surface area contributed by atoms with Crippen molar-refractivity contribution >= 4 is 30.0 Å². The first-order valence-corrected chi connectivity index (χ1v) is 7.19. The second-order valence-electron chi connectivity index (χ2n) is 4.61. The van der Waals surface area contributed by atoms with Crippen LogP contribution in [0.2, 0.25) is 0 Å². The van der Waals surface area contributed by atoms with Gasteiger partial charge in [0.25, 0.3) is 0 Å². The van der Waals surface area contributed by atoms with E-state index in [1.807, 2.05) is 18.2 Å². The first kappa shape index (κ1) is 13.8. The summed E-state index contributed by atoms with van der Waals surface area (Å²) in [5.74, 6) is 0.970. The van der Waals surface area contributed by atoms with Crippen LogP contribution in [0.25, 0.3) is 0 Å². The van der Waals surface area contributed by atoms with Crippen LogP contribution in [0.5, 0.6) is 5.75 Å². The average Bonchev–Trinajstić information content (AvgIpc) is 3.20. The lowest BCUT2D eigenvalue weighted by molar-refractivity contribution is 0.0874. The van der Waals surface area contributed by atoms with Crippen LogP contribution < -0.4 is 9.46 Å². The molecule has 0 bridgehead atoms. The molecule has 0 saturated heterocycles. The Kier molecular flexibility index (Phi) is 4.65. The molecule has 1 saturated carbocycles. The molecule has 2 aliphatic rings. The summed E-state index contributed by atoms with van der Waals surface area (Å²) in [6.07, 6.45) is 3.82. The lowest BCUT2D eigenvalue weighted by atomic mass is 10.3. The number of nitrogens with zero attached hydrogens (tertiary/aromatic N) is 1. The maximum Gasteiger partial charge on any atom is 0.220 e. The van der Waals surface area contributed by atoms with Crippen molar-refractivity contribution in [2.75, 3.05) is 11.3 Å². The second kappa shape index (κ2) is 6.04. The van der Waals surface area contributed by atoms with Gasteiger partial charge in [0.1, 0.15) is 5.75 Å². The average molecular weight is 287 g/mol.